The number of halogens is 3. The van der Waals surface area contributed by atoms with Gasteiger partial charge in [0.05, 0.1) is 31.2 Å². The summed E-state index contributed by atoms with van der Waals surface area (Å²) in [5.41, 5.74) is 0.482. The Bertz CT molecular complexity index is 1130. The van der Waals surface area contributed by atoms with Crippen LogP contribution >= 0.6 is 0 Å². The molecular weight excluding hydrogens is 493 g/mol. The summed E-state index contributed by atoms with van der Waals surface area (Å²) in [7, 11) is 0. The van der Waals surface area contributed by atoms with Crippen LogP contribution in [0.5, 0.6) is 5.88 Å². The van der Waals surface area contributed by atoms with Gasteiger partial charge in [-0.05, 0) is 51.5 Å². The van der Waals surface area contributed by atoms with Crippen molar-refractivity contribution in [3.05, 3.63) is 46.8 Å². The SMILES string of the molecule is Cc1cc(C(C)NC(=O)c2ccc(OCC(F)(F)F)nc2N2CCOCC2)cc(CC(=O)C(C)(C)O)n1. The highest BCUT2D eigenvalue weighted by molar-refractivity contribution is 5.99. The van der Waals surface area contributed by atoms with E-state index in [2.05, 4.69) is 15.3 Å². The van der Waals surface area contributed by atoms with E-state index in [1.807, 2.05) is 0 Å². The molecule has 2 aromatic heterocycles. The van der Waals surface area contributed by atoms with Crippen molar-refractivity contribution in [1.29, 1.82) is 0 Å². The Balaban J connectivity index is 1.82. The van der Waals surface area contributed by atoms with Gasteiger partial charge in [0.1, 0.15) is 11.4 Å². The molecule has 0 saturated carbocycles. The molecule has 1 aliphatic rings. The van der Waals surface area contributed by atoms with Gasteiger partial charge in [0.15, 0.2) is 12.4 Å². The minimum absolute atomic E-state index is 0.0661. The molecule has 2 aromatic rings. The maximum absolute atomic E-state index is 13.3. The van der Waals surface area contributed by atoms with Crippen LogP contribution in [0.25, 0.3) is 0 Å². The number of hydrogen-bond acceptors (Lipinski definition) is 8. The minimum Gasteiger partial charge on any atom is -0.468 e. The normalized spacial score (nSPS) is 15.3. The lowest BCUT2D eigenvalue weighted by atomic mass is 9.98. The van der Waals surface area contributed by atoms with Crippen molar-refractivity contribution < 1.29 is 37.3 Å². The summed E-state index contributed by atoms with van der Waals surface area (Å²) >= 11 is 0. The van der Waals surface area contributed by atoms with Crippen molar-refractivity contribution in [2.45, 2.75) is 51.9 Å². The first kappa shape index (κ1) is 28.3. The Hall–Kier alpha value is -3.25. The highest BCUT2D eigenvalue weighted by Gasteiger charge is 2.30. The summed E-state index contributed by atoms with van der Waals surface area (Å²) in [6, 6.07) is 5.58. The number of aliphatic hydroxyl groups is 1. The molecule has 0 aliphatic carbocycles. The van der Waals surface area contributed by atoms with E-state index in [1.165, 1.54) is 26.0 Å². The standard InChI is InChI=1S/C25H31F3N4O5/c1-15-11-17(12-18(29-15)13-20(33)24(3,4)35)16(2)30-23(34)19-5-6-21(37-14-25(26,27)28)31-22(19)32-7-9-36-10-8-32/h5-6,11-12,16,35H,7-10,13-14H2,1-4H3,(H,30,34). The summed E-state index contributed by atoms with van der Waals surface area (Å²) in [6.07, 6.45) is -4.59. The number of anilines is 1. The van der Waals surface area contributed by atoms with Gasteiger partial charge in [0, 0.05) is 30.5 Å². The second-order valence-corrected chi connectivity index (χ2v) is 9.41. The molecule has 1 saturated heterocycles. The summed E-state index contributed by atoms with van der Waals surface area (Å²) in [5.74, 6) is -0.904. The number of nitrogens with zero attached hydrogens (tertiary/aromatic N) is 3. The van der Waals surface area contributed by atoms with Crippen molar-refractivity contribution in [2.24, 2.45) is 0 Å². The van der Waals surface area contributed by atoms with Gasteiger partial charge in [-0.3, -0.25) is 14.6 Å². The van der Waals surface area contributed by atoms with E-state index in [1.54, 1.807) is 30.9 Å². The molecule has 0 radical (unpaired) electrons. The molecule has 3 heterocycles. The van der Waals surface area contributed by atoms with E-state index >= 15 is 0 Å². The second kappa shape index (κ2) is 11.4. The van der Waals surface area contributed by atoms with Crippen LogP contribution in [-0.2, 0) is 16.0 Å². The van der Waals surface area contributed by atoms with Crippen LogP contribution in [0, 0.1) is 6.92 Å². The third-order valence-electron chi connectivity index (χ3n) is 5.69. The van der Waals surface area contributed by atoms with E-state index in [9.17, 15) is 27.9 Å². The number of aryl methyl sites for hydroxylation is 1. The number of rotatable bonds is 9. The number of hydrogen-bond donors (Lipinski definition) is 2. The maximum Gasteiger partial charge on any atom is 0.422 e. The fourth-order valence-corrected chi connectivity index (χ4v) is 3.71. The van der Waals surface area contributed by atoms with Gasteiger partial charge < -0.3 is 24.8 Å². The molecule has 1 atom stereocenters. The zero-order valence-electron chi connectivity index (χ0n) is 21.2. The molecule has 1 unspecified atom stereocenters. The average molecular weight is 525 g/mol. The molecule has 37 heavy (non-hydrogen) atoms. The summed E-state index contributed by atoms with van der Waals surface area (Å²) in [4.78, 5) is 35.8. The Labute approximate surface area is 213 Å². The maximum atomic E-state index is 13.3. The molecule has 1 amide bonds. The fourth-order valence-electron chi connectivity index (χ4n) is 3.71. The predicted molar refractivity (Wildman–Crippen MR) is 129 cm³/mol. The zero-order valence-corrected chi connectivity index (χ0v) is 21.2. The van der Waals surface area contributed by atoms with Crippen molar-refractivity contribution in [2.75, 3.05) is 37.8 Å². The van der Waals surface area contributed by atoms with Crippen molar-refractivity contribution in [3.63, 3.8) is 0 Å². The van der Waals surface area contributed by atoms with Crippen LogP contribution < -0.4 is 15.0 Å². The van der Waals surface area contributed by atoms with Gasteiger partial charge in [-0.15, -0.1) is 0 Å². The number of amides is 1. The lowest BCUT2D eigenvalue weighted by Gasteiger charge is -2.29. The van der Waals surface area contributed by atoms with Gasteiger partial charge in [-0.2, -0.15) is 18.2 Å². The molecule has 9 nitrogen and oxygen atoms in total. The van der Waals surface area contributed by atoms with Gasteiger partial charge in [-0.1, -0.05) is 0 Å². The third-order valence-corrected chi connectivity index (χ3v) is 5.69. The van der Waals surface area contributed by atoms with Crippen molar-refractivity contribution in [3.8, 4) is 5.88 Å². The van der Waals surface area contributed by atoms with Gasteiger partial charge in [-0.25, -0.2) is 0 Å². The molecule has 0 bridgehead atoms. The quantitative estimate of drug-likeness (QED) is 0.515. The predicted octanol–water partition coefficient (Wildman–Crippen LogP) is 2.94. The first-order valence-electron chi connectivity index (χ1n) is 11.8. The van der Waals surface area contributed by atoms with Crippen molar-refractivity contribution in [1.82, 2.24) is 15.3 Å². The van der Waals surface area contributed by atoms with Gasteiger partial charge in [0.25, 0.3) is 5.91 Å². The largest absolute Gasteiger partial charge is 0.468 e. The van der Waals surface area contributed by atoms with E-state index < -0.39 is 30.3 Å². The zero-order chi connectivity index (χ0) is 27.4. The lowest BCUT2D eigenvalue weighted by molar-refractivity contribution is -0.154. The molecule has 0 aromatic carbocycles. The third kappa shape index (κ3) is 8.12. The van der Waals surface area contributed by atoms with E-state index in [4.69, 9.17) is 9.47 Å². The summed E-state index contributed by atoms with van der Waals surface area (Å²) in [6.45, 7) is 6.44. The van der Waals surface area contributed by atoms with Crippen LogP contribution in [0.15, 0.2) is 24.3 Å². The van der Waals surface area contributed by atoms with Crippen LogP contribution in [0.1, 0.15) is 54.1 Å². The second-order valence-electron chi connectivity index (χ2n) is 9.41. The minimum atomic E-state index is -4.52. The number of morpholine rings is 1. The molecule has 1 fully saturated rings. The summed E-state index contributed by atoms with van der Waals surface area (Å²) < 4.78 is 48.0. The first-order valence-corrected chi connectivity index (χ1v) is 11.8. The van der Waals surface area contributed by atoms with E-state index in [-0.39, 0.29) is 29.5 Å². The van der Waals surface area contributed by atoms with Crippen molar-refractivity contribution >= 4 is 17.5 Å². The first-order chi connectivity index (χ1) is 17.2. The van der Waals surface area contributed by atoms with Crippen LogP contribution in [0.3, 0.4) is 0 Å². The fraction of sp³-hybridized carbons (Fsp3) is 0.520. The van der Waals surface area contributed by atoms with Gasteiger partial charge in [0.2, 0.25) is 5.88 Å². The molecule has 1 aliphatic heterocycles. The van der Waals surface area contributed by atoms with Crippen LogP contribution in [-0.4, -0.2) is 71.5 Å². The number of carbonyl (C=O) groups is 2. The number of aromatic nitrogens is 2. The Kier molecular flexibility index (Phi) is 8.75. The number of nitrogens with one attached hydrogen (secondary N) is 1. The lowest BCUT2D eigenvalue weighted by Crippen LogP contribution is -2.39. The number of carbonyl (C=O) groups excluding carboxylic acids is 2. The molecule has 3 rings (SSSR count). The highest BCUT2D eigenvalue weighted by Crippen LogP contribution is 2.26. The topological polar surface area (TPSA) is 114 Å². The van der Waals surface area contributed by atoms with E-state index in [0.717, 1.165) is 0 Å². The van der Waals surface area contributed by atoms with Crippen LogP contribution in [0.4, 0.5) is 19.0 Å². The molecular formula is C25H31F3N4O5. The average Bonchev–Trinajstić information content (AvgIpc) is 2.81. The molecule has 202 valence electrons. The number of ketones is 1. The van der Waals surface area contributed by atoms with Gasteiger partial charge >= 0.3 is 6.18 Å². The molecule has 0 spiro atoms. The number of ether oxygens (including phenoxy) is 2. The Morgan fingerprint density at radius 3 is 2.49 bits per heavy atom. The number of pyridine rings is 2. The number of Topliss-reactive ketones (excluding diaryl/α,β-unsaturated/α-hetero) is 1. The van der Waals surface area contributed by atoms with E-state index in [0.29, 0.717) is 43.3 Å². The smallest absolute Gasteiger partial charge is 0.422 e. The Morgan fingerprint density at radius 1 is 1.19 bits per heavy atom. The summed E-state index contributed by atoms with van der Waals surface area (Å²) in [5, 5.41) is 12.8. The Morgan fingerprint density at radius 2 is 1.86 bits per heavy atom. The highest BCUT2D eigenvalue weighted by atomic mass is 19.4. The molecule has 12 heteroatoms. The molecule has 2 N–H and O–H groups in total. The number of alkyl halides is 3. The van der Waals surface area contributed by atoms with Crippen LogP contribution in [0.2, 0.25) is 0 Å². The monoisotopic (exact) mass is 524 g/mol.